The molecule has 4 rings (SSSR count). The third kappa shape index (κ3) is 2.21. The Morgan fingerprint density at radius 2 is 1.91 bits per heavy atom. The SMILES string of the molecule is Cc1ccc2[nH]c3c(C(=O)c4ccccc4Cl)nccc3c2c1. The summed E-state index contributed by atoms with van der Waals surface area (Å²) in [5.41, 5.74) is 3.77. The molecule has 4 heteroatoms. The van der Waals surface area contributed by atoms with E-state index in [1.54, 1.807) is 30.5 Å². The van der Waals surface area contributed by atoms with Crippen LogP contribution in [0.2, 0.25) is 5.02 Å². The van der Waals surface area contributed by atoms with Crippen molar-refractivity contribution in [2.75, 3.05) is 0 Å². The zero-order valence-corrected chi connectivity index (χ0v) is 13.2. The van der Waals surface area contributed by atoms with Crippen molar-refractivity contribution in [1.29, 1.82) is 0 Å². The number of benzene rings is 2. The van der Waals surface area contributed by atoms with Gasteiger partial charge >= 0.3 is 0 Å². The maximum Gasteiger partial charge on any atom is 0.214 e. The molecule has 2 aromatic carbocycles. The molecule has 0 saturated carbocycles. The van der Waals surface area contributed by atoms with Gasteiger partial charge in [0.15, 0.2) is 0 Å². The first-order chi connectivity index (χ1) is 11.1. The van der Waals surface area contributed by atoms with E-state index in [1.165, 1.54) is 5.56 Å². The molecule has 1 N–H and O–H groups in total. The van der Waals surface area contributed by atoms with Crippen LogP contribution in [0.15, 0.2) is 54.7 Å². The van der Waals surface area contributed by atoms with Gasteiger partial charge in [0.2, 0.25) is 5.78 Å². The molecule has 0 fully saturated rings. The Hall–Kier alpha value is -2.65. The minimum absolute atomic E-state index is 0.176. The molecule has 0 aliphatic carbocycles. The van der Waals surface area contributed by atoms with Gasteiger partial charge in [0.25, 0.3) is 0 Å². The number of aryl methyl sites for hydroxylation is 1. The Balaban J connectivity index is 1.99. The van der Waals surface area contributed by atoms with Gasteiger partial charge in [-0.3, -0.25) is 9.78 Å². The van der Waals surface area contributed by atoms with E-state index < -0.39 is 0 Å². The number of hydrogen-bond donors (Lipinski definition) is 1. The van der Waals surface area contributed by atoms with Crippen LogP contribution in [0.5, 0.6) is 0 Å². The summed E-state index contributed by atoms with van der Waals surface area (Å²) >= 11 is 6.16. The number of nitrogens with zero attached hydrogens (tertiary/aromatic N) is 1. The van der Waals surface area contributed by atoms with E-state index in [1.807, 2.05) is 18.2 Å². The lowest BCUT2D eigenvalue weighted by atomic mass is 10.1. The highest BCUT2D eigenvalue weighted by Crippen LogP contribution is 2.29. The Kier molecular flexibility index (Phi) is 3.17. The standard InChI is InChI=1S/C19H13ClN2O/c1-11-6-7-16-14(10-11)12-8-9-21-18(17(12)22-16)19(23)13-4-2-3-5-15(13)20/h2-10,22H,1H3. The quantitative estimate of drug-likeness (QED) is 0.533. The summed E-state index contributed by atoms with van der Waals surface area (Å²) in [6, 6.07) is 15.1. The first-order valence-electron chi connectivity index (χ1n) is 7.31. The van der Waals surface area contributed by atoms with Gasteiger partial charge in [-0.2, -0.15) is 0 Å². The summed E-state index contributed by atoms with van der Waals surface area (Å²) in [5, 5.41) is 2.52. The first-order valence-corrected chi connectivity index (χ1v) is 7.69. The van der Waals surface area contributed by atoms with Crippen LogP contribution in [0.3, 0.4) is 0 Å². The number of ketones is 1. The topological polar surface area (TPSA) is 45.8 Å². The van der Waals surface area contributed by atoms with Gasteiger partial charge in [0.1, 0.15) is 5.69 Å². The number of carbonyl (C=O) groups excluding carboxylic acids is 1. The van der Waals surface area contributed by atoms with Crippen molar-refractivity contribution < 1.29 is 4.79 Å². The number of rotatable bonds is 2. The monoisotopic (exact) mass is 320 g/mol. The number of hydrogen-bond acceptors (Lipinski definition) is 2. The van der Waals surface area contributed by atoms with E-state index in [9.17, 15) is 4.79 Å². The molecule has 23 heavy (non-hydrogen) atoms. The summed E-state index contributed by atoms with van der Waals surface area (Å²) in [5.74, 6) is -0.176. The van der Waals surface area contributed by atoms with Gasteiger partial charge < -0.3 is 4.98 Å². The summed E-state index contributed by atoms with van der Waals surface area (Å²) in [6.45, 7) is 2.05. The maximum atomic E-state index is 12.9. The number of halogens is 1. The fourth-order valence-corrected chi connectivity index (χ4v) is 3.10. The summed E-state index contributed by atoms with van der Waals surface area (Å²) in [7, 11) is 0. The smallest absolute Gasteiger partial charge is 0.214 e. The second-order valence-corrected chi connectivity index (χ2v) is 5.97. The zero-order valence-electron chi connectivity index (χ0n) is 12.4. The average molecular weight is 321 g/mol. The van der Waals surface area contributed by atoms with Gasteiger partial charge in [-0.15, -0.1) is 0 Å². The molecule has 2 aromatic heterocycles. The van der Waals surface area contributed by atoms with Crippen molar-refractivity contribution >= 4 is 39.2 Å². The van der Waals surface area contributed by atoms with Crippen LogP contribution < -0.4 is 0 Å². The fourth-order valence-electron chi connectivity index (χ4n) is 2.88. The number of aromatic nitrogens is 2. The van der Waals surface area contributed by atoms with Gasteiger partial charge in [0.05, 0.1) is 10.5 Å². The molecule has 0 aliphatic heterocycles. The van der Waals surface area contributed by atoms with Gasteiger partial charge in [-0.1, -0.05) is 35.4 Å². The molecule has 3 nitrogen and oxygen atoms in total. The Labute approximate surface area is 137 Å². The molecule has 0 radical (unpaired) electrons. The molecule has 4 aromatic rings. The molecule has 112 valence electrons. The third-order valence-corrected chi connectivity index (χ3v) is 4.34. The minimum Gasteiger partial charge on any atom is -0.353 e. The number of carbonyl (C=O) groups is 1. The molecule has 0 saturated heterocycles. The van der Waals surface area contributed by atoms with E-state index in [-0.39, 0.29) is 5.78 Å². The van der Waals surface area contributed by atoms with Crippen molar-refractivity contribution in [3.8, 4) is 0 Å². The lowest BCUT2D eigenvalue weighted by Crippen LogP contribution is -2.05. The highest BCUT2D eigenvalue weighted by molar-refractivity contribution is 6.35. The van der Waals surface area contributed by atoms with Crippen molar-refractivity contribution in [3.05, 3.63) is 76.6 Å². The number of aromatic amines is 1. The molecular weight excluding hydrogens is 308 g/mol. The average Bonchev–Trinajstić information content (AvgIpc) is 2.92. The van der Waals surface area contributed by atoms with Crippen LogP contribution in [-0.4, -0.2) is 15.8 Å². The number of fused-ring (bicyclic) bond motifs is 3. The zero-order chi connectivity index (χ0) is 16.0. The number of H-pyrrole nitrogens is 1. The Bertz CT molecular complexity index is 1070. The number of pyridine rings is 1. The lowest BCUT2D eigenvalue weighted by molar-refractivity contribution is 0.103. The Morgan fingerprint density at radius 1 is 1.09 bits per heavy atom. The fraction of sp³-hybridized carbons (Fsp3) is 0.0526. The maximum absolute atomic E-state index is 12.9. The van der Waals surface area contributed by atoms with E-state index in [2.05, 4.69) is 23.0 Å². The van der Waals surface area contributed by atoms with Crippen LogP contribution in [0, 0.1) is 6.92 Å². The predicted molar refractivity (Wildman–Crippen MR) is 93.2 cm³/mol. The predicted octanol–water partition coefficient (Wildman–Crippen LogP) is 4.91. The van der Waals surface area contributed by atoms with Crippen LogP contribution in [0.25, 0.3) is 21.8 Å². The van der Waals surface area contributed by atoms with E-state index in [0.29, 0.717) is 16.3 Å². The molecule has 0 unspecified atom stereocenters. The van der Waals surface area contributed by atoms with Crippen molar-refractivity contribution in [1.82, 2.24) is 9.97 Å². The van der Waals surface area contributed by atoms with Gasteiger partial charge in [-0.05, 0) is 37.3 Å². The molecule has 2 heterocycles. The van der Waals surface area contributed by atoms with E-state index >= 15 is 0 Å². The van der Waals surface area contributed by atoms with Crippen LogP contribution in [0.1, 0.15) is 21.6 Å². The van der Waals surface area contributed by atoms with E-state index in [4.69, 9.17) is 11.6 Å². The van der Waals surface area contributed by atoms with Crippen LogP contribution in [0.4, 0.5) is 0 Å². The largest absolute Gasteiger partial charge is 0.353 e. The van der Waals surface area contributed by atoms with Crippen LogP contribution in [-0.2, 0) is 0 Å². The third-order valence-electron chi connectivity index (χ3n) is 4.01. The summed E-state index contributed by atoms with van der Waals surface area (Å²) < 4.78 is 0. The molecule has 0 bridgehead atoms. The van der Waals surface area contributed by atoms with Crippen LogP contribution >= 0.6 is 11.6 Å². The van der Waals surface area contributed by atoms with E-state index in [0.717, 1.165) is 21.8 Å². The normalized spacial score (nSPS) is 11.2. The van der Waals surface area contributed by atoms with Crippen molar-refractivity contribution in [2.45, 2.75) is 6.92 Å². The highest BCUT2D eigenvalue weighted by atomic mass is 35.5. The molecular formula is C19H13ClN2O. The lowest BCUT2D eigenvalue weighted by Gasteiger charge is -2.04. The highest BCUT2D eigenvalue weighted by Gasteiger charge is 2.18. The minimum atomic E-state index is -0.176. The second-order valence-electron chi connectivity index (χ2n) is 5.57. The Morgan fingerprint density at radius 3 is 2.74 bits per heavy atom. The summed E-state index contributed by atoms with van der Waals surface area (Å²) in [4.78, 5) is 20.5. The summed E-state index contributed by atoms with van der Waals surface area (Å²) in [6.07, 6.45) is 1.67. The van der Waals surface area contributed by atoms with Crippen molar-refractivity contribution in [2.24, 2.45) is 0 Å². The van der Waals surface area contributed by atoms with Gasteiger partial charge in [-0.25, -0.2) is 0 Å². The second kappa shape index (κ2) is 5.21. The van der Waals surface area contributed by atoms with Crippen molar-refractivity contribution in [3.63, 3.8) is 0 Å². The van der Waals surface area contributed by atoms with Gasteiger partial charge in [0, 0.05) is 28.0 Å². The molecule has 0 amide bonds. The first kappa shape index (κ1) is 14.0. The molecule has 0 aliphatic rings. The number of nitrogens with one attached hydrogen (secondary N) is 1. The molecule has 0 spiro atoms. The molecule has 0 atom stereocenters.